The Balaban J connectivity index is 1.55. The largest absolute Gasteiger partial charge is 0.483 e. The summed E-state index contributed by atoms with van der Waals surface area (Å²) in [6, 6.07) is 3.70. The standard InChI is InChI=1S/C29H42N8O3S/c1-6-8-22-15-23(40-27(31)11-10-26(30)39-5)13-14-37(22)29(38)21-9-12-28(33-16-21)34-19-41-18-25(32-4)24-17-36(7-2)35-20(24)3/h9-12,16-18,22-23H,4,6-8,13-15,19,30-31H2,1-3,5H3,(H,33,34)/b25-18-,26-10+,27-11+/t22-,23-/m0/s1. The van der Waals surface area contributed by atoms with Crippen LogP contribution in [-0.2, 0) is 16.0 Å². The number of hydrogen-bond acceptors (Lipinski definition) is 10. The molecule has 0 radical (unpaired) electrons. The molecule has 0 unspecified atom stereocenters. The molecule has 1 saturated heterocycles. The summed E-state index contributed by atoms with van der Waals surface area (Å²) in [6.07, 6.45) is 9.88. The number of carbonyl (C=O) groups excluding carboxylic acids is 1. The van der Waals surface area contributed by atoms with E-state index in [-0.39, 0.29) is 29.8 Å². The summed E-state index contributed by atoms with van der Waals surface area (Å²) in [5.74, 6) is 1.76. The van der Waals surface area contributed by atoms with Gasteiger partial charge in [-0.2, -0.15) is 5.10 Å². The predicted molar refractivity (Wildman–Crippen MR) is 166 cm³/mol. The first-order valence-corrected chi connectivity index (χ1v) is 14.8. The Morgan fingerprint density at radius 3 is 2.71 bits per heavy atom. The monoisotopic (exact) mass is 582 g/mol. The van der Waals surface area contributed by atoms with E-state index in [1.807, 2.05) is 47.2 Å². The number of rotatable bonds is 14. The van der Waals surface area contributed by atoms with Crippen molar-refractivity contribution in [3.8, 4) is 0 Å². The molecule has 2 aromatic rings. The van der Waals surface area contributed by atoms with Crippen LogP contribution in [0.1, 0.15) is 61.1 Å². The number of amides is 1. The summed E-state index contributed by atoms with van der Waals surface area (Å²) in [5, 5.41) is 9.70. The molecule has 5 N–H and O–H groups in total. The number of nitrogens with two attached hydrogens (primary N) is 2. The molecule has 0 spiro atoms. The number of allylic oxidation sites excluding steroid dienone is 2. The van der Waals surface area contributed by atoms with Crippen molar-refractivity contribution in [2.45, 2.75) is 65.1 Å². The second-order valence-corrected chi connectivity index (χ2v) is 10.5. The number of methoxy groups -OCH3 is 1. The number of ether oxygens (including phenoxy) is 2. The Labute approximate surface area is 246 Å². The summed E-state index contributed by atoms with van der Waals surface area (Å²) in [4.78, 5) is 24.0. The van der Waals surface area contributed by atoms with Crippen LogP contribution in [0.4, 0.5) is 5.82 Å². The van der Waals surface area contributed by atoms with Crippen molar-refractivity contribution < 1.29 is 14.3 Å². The molecule has 2 aromatic heterocycles. The maximum atomic E-state index is 13.4. The third-order valence-corrected chi connectivity index (χ3v) is 7.46. The van der Waals surface area contributed by atoms with Gasteiger partial charge in [0.15, 0.2) is 11.8 Å². The highest BCUT2D eigenvalue weighted by molar-refractivity contribution is 8.02. The van der Waals surface area contributed by atoms with Crippen LogP contribution < -0.4 is 16.8 Å². The molecule has 3 rings (SSSR count). The zero-order chi connectivity index (χ0) is 29.8. The summed E-state index contributed by atoms with van der Waals surface area (Å²) in [7, 11) is 1.49. The third kappa shape index (κ3) is 9.04. The SMILES string of the molecule is C=N/C(=C\SCNc1ccc(C(=O)N2CC[C@H](O/C(N)=C/C=C(\N)OC)C[C@@H]2CCC)cn1)c1cn(CC)nc1C. The van der Waals surface area contributed by atoms with Crippen LogP contribution in [0, 0.1) is 6.92 Å². The molecule has 12 heteroatoms. The number of piperidine rings is 1. The van der Waals surface area contributed by atoms with Crippen LogP contribution in [0.5, 0.6) is 0 Å². The predicted octanol–water partition coefficient (Wildman–Crippen LogP) is 4.44. The summed E-state index contributed by atoms with van der Waals surface area (Å²) in [6.45, 7) is 11.2. The zero-order valence-electron chi connectivity index (χ0n) is 24.4. The van der Waals surface area contributed by atoms with E-state index in [4.69, 9.17) is 20.9 Å². The third-order valence-electron chi connectivity index (χ3n) is 6.76. The highest BCUT2D eigenvalue weighted by Gasteiger charge is 2.32. The van der Waals surface area contributed by atoms with Gasteiger partial charge in [-0.1, -0.05) is 13.3 Å². The number of aliphatic imine (C=N–C) groups is 1. The van der Waals surface area contributed by atoms with Gasteiger partial charge in [0.2, 0.25) is 0 Å². The number of nitrogens with zero attached hydrogens (tertiary/aromatic N) is 5. The van der Waals surface area contributed by atoms with E-state index < -0.39 is 0 Å². The molecule has 1 aliphatic rings. The van der Waals surface area contributed by atoms with Gasteiger partial charge in [-0.15, -0.1) is 11.8 Å². The van der Waals surface area contributed by atoms with E-state index in [1.165, 1.54) is 7.11 Å². The molecular weight excluding hydrogens is 540 g/mol. The van der Waals surface area contributed by atoms with Crippen molar-refractivity contribution in [2.24, 2.45) is 16.5 Å². The van der Waals surface area contributed by atoms with Gasteiger partial charge in [-0.05, 0) is 44.5 Å². The van der Waals surface area contributed by atoms with Crippen molar-refractivity contribution in [3.05, 3.63) is 70.7 Å². The maximum absolute atomic E-state index is 13.4. The second kappa shape index (κ2) is 15.8. The Hall–Kier alpha value is -3.93. The van der Waals surface area contributed by atoms with Gasteiger partial charge in [0, 0.05) is 62.1 Å². The van der Waals surface area contributed by atoms with Crippen LogP contribution in [0.2, 0.25) is 0 Å². The average Bonchev–Trinajstić information content (AvgIpc) is 3.36. The molecule has 0 aliphatic carbocycles. The fourth-order valence-electron chi connectivity index (χ4n) is 4.60. The van der Waals surface area contributed by atoms with Crippen LogP contribution in [0.25, 0.3) is 5.70 Å². The van der Waals surface area contributed by atoms with E-state index in [2.05, 4.69) is 34.0 Å². The molecule has 0 saturated carbocycles. The number of aryl methyl sites for hydroxylation is 2. The zero-order valence-corrected chi connectivity index (χ0v) is 25.2. The van der Waals surface area contributed by atoms with Gasteiger partial charge in [0.05, 0.1) is 29.9 Å². The maximum Gasteiger partial charge on any atom is 0.255 e. The fourth-order valence-corrected chi connectivity index (χ4v) is 5.28. The first kappa shape index (κ1) is 31.6. The quantitative estimate of drug-likeness (QED) is 0.0967. The topological polar surface area (TPSA) is 146 Å². The Morgan fingerprint density at radius 2 is 2.07 bits per heavy atom. The lowest BCUT2D eigenvalue weighted by Gasteiger charge is -2.39. The Morgan fingerprint density at radius 1 is 1.29 bits per heavy atom. The van der Waals surface area contributed by atoms with Gasteiger partial charge in [0.25, 0.3) is 5.91 Å². The Kier molecular flexibility index (Phi) is 12.1. The molecule has 222 valence electrons. The number of thioether (sulfide) groups is 1. The lowest BCUT2D eigenvalue weighted by molar-refractivity contribution is 0.0149. The van der Waals surface area contributed by atoms with Crippen LogP contribution >= 0.6 is 11.8 Å². The summed E-state index contributed by atoms with van der Waals surface area (Å²) >= 11 is 1.55. The number of hydrogen-bond donors (Lipinski definition) is 3. The molecule has 3 heterocycles. The number of nitrogens with one attached hydrogen (secondary N) is 1. The number of anilines is 1. The van der Waals surface area contributed by atoms with Crippen LogP contribution in [0.3, 0.4) is 0 Å². The van der Waals surface area contributed by atoms with E-state index in [0.717, 1.165) is 36.3 Å². The molecule has 11 nitrogen and oxygen atoms in total. The molecule has 1 fully saturated rings. The average molecular weight is 583 g/mol. The molecule has 41 heavy (non-hydrogen) atoms. The minimum Gasteiger partial charge on any atom is -0.483 e. The number of carbonyl (C=O) groups is 1. The molecular formula is C29H42N8O3S. The van der Waals surface area contributed by atoms with E-state index in [0.29, 0.717) is 36.6 Å². The number of likely N-dealkylation sites (tertiary alicyclic amines) is 1. The van der Waals surface area contributed by atoms with Gasteiger partial charge >= 0.3 is 0 Å². The van der Waals surface area contributed by atoms with Gasteiger partial charge in [-0.3, -0.25) is 14.5 Å². The van der Waals surface area contributed by atoms with E-state index in [9.17, 15) is 4.79 Å². The fraction of sp³-hybridized carbons (Fsp3) is 0.448. The summed E-state index contributed by atoms with van der Waals surface area (Å²) in [5.41, 5.74) is 14.9. The Bertz CT molecular complexity index is 1260. The number of aromatic nitrogens is 3. The van der Waals surface area contributed by atoms with Crippen molar-refractivity contribution in [1.29, 1.82) is 0 Å². The van der Waals surface area contributed by atoms with Crippen molar-refractivity contribution in [2.75, 3.05) is 24.8 Å². The normalized spacial score (nSPS) is 18.2. The highest BCUT2D eigenvalue weighted by atomic mass is 32.2. The number of pyridine rings is 1. The lowest BCUT2D eigenvalue weighted by Crippen LogP contribution is -2.48. The van der Waals surface area contributed by atoms with Gasteiger partial charge < -0.3 is 31.2 Å². The summed E-state index contributed by atoms with van der Waals surface area (Å²) < 4.78 is 12.7. The molecule has 2 atom stereocenters. The van der Waals surface area contributed by atoms with E-state index >= 15 is 0 Å². The molecule has 1 aliphatic heterocycles. The van der Waals surface area contributed by atoms with Gasteiger partial charge in [-0.25, -0.2) is 4.98 Å². The first-order valence-electron chi connectivity index (χ1n) is 13.8. The molecule has 1 amide bonds. The first-order chi connectivity index (χ1) is 19.8. The smallest absolute Gasteiger partial charge is 0.255 e. The van der Waals surface area contributed by atoms with Gasteiger partial charge in [0.1, 0.15) is 11.9 Å². The molecule has 0 aromatic carbocycles. The van der Waals surface area contributed by atoms with Crippen molar-refractivity contribution in [3.63, 3.8) is 0 Å². The van der Waals surface area contributed by atoms with Crippen molar-refractivity contribution in [1.82, 2.24) is 19.7 Å². The second-order valence-electron chi connectivity index (χ2n) is 9.61. The van der Waals surface area contributed by atoms with Crippen LogP contribution in [-0.4, -0.2) is 64.0 Å². The highest BCUT2D eigenvalue weighted by Crippen LogP contribution is 2.27. The lowest BCUT2D eigenvalue weighted by atomic mass is 9.95. The minimum absolute atomic E-state index is 0.0257. The van der Waals surface area contributed by atoms with Crippen molar-refractivity contribution >= 4 is 35.9 Å². The van der Waals surface area contributed by atoms with E-state index in [1.54, 1.807) is 30.1 Å². The molecule has 0 bridgehead atoms. The minimum atomic E-state index is -0.0798. The van der Waals surface area contributed by atoms with Crippen LogP contribution in [0.15, 0.2) is 58.8 Å².